The van der Waals surface area contributed by atoms with E-state index in [1.54, 1.807) is 13.1 Å². The van der Waals surface area contributed by atoms with Gasteiger partial charge in [-0.15, -0.1) is 0 Å². The highest BCUT2D eigenvalue weighted by Crippen LogP contribution is 2.19. The maximum Gasteiger partial charge on any atom is 0.323 e. The van der Waals surface area contributed by atoms with Crippen molar-refractivity contribution >= 4 is 5.97 Å². The van der Waals surface area contributed by atoms with Crippen LogP contribution in [0.25, 0.3) is 0 Å². The summed E-state index contributed by atoms with van der Waals surface area (Å²) < 4.78 is 5.58. The number of carboxylic acids is 1. The summed E-state index contributed by atoms with van der Waals surface area (Å²) in [6.45, 7) is 2.29. The molecule has 3 N–H and O–H groups in total. The number of likely N-dealkylation sites (N-methyl/N-ethyl adjacent to an activating group) is 1. The normalized spacial score (nSPS) is 13.8. The molecule has 20 heavy (non-hydrogen) atoms. The van der Waals surface area contributed by atoms with Crippen molar-refractivity contribution in [2.24, 2.45) is 0 Å². The van der Waals surface area contributed by atoms with Gasteiger partial charge in [-0.1, -0.05) is 19.1 Å². The molecule has 0 fully saturated rings. The molecule has 1 atom stereocenters. The van der Waals surface area contributed by atoms with Crippen molar-refractivity contribution < 1.29 is 19.7 Å². The Hall–Kier alpha value is -1.59. The van der Waals surface area contributed by atoms with Crippen molar-refractivity contribution in [3.05, 3.63) is 29.8 Å². The second-order valence-electron chi connectivity index (χ2n) is 4.75. The molecule has 0 heterocycles. The van der Waals surface area contributed by atoms with E-state index in [1.807, 2.05) is 25.1 Å². The predicted molar refractivity (Wildman–Crippen MR) is 76.8 cm³/mol. The average molecular weight is 281 g/mol. The van der Waals surface area contributed by atoms with Gasteiger partial charge in [0.25, 0.3) is 0 Å². The quantitative estimate of drug-likeness (QED) is 0.601. The minimum atomic E-state index is -0.879. The molecular weight excluding hydrogens is 258 g/mol. The Kier molecular flexibility index (Phi) is 6.48. The SMILES string of the molecule is CCC(CCCOc1cccc(CO)c1)(NC)C(=O)O. The molecule has 0 aliphatic heterocycles. The zero-order chi connectivity index (χ0) is 15.0. The first kappa shape index (κ1) is 16.5. The van der Waals surface area contributed by atoms with E-state index in [9.17, 15) is 9.90 Å². The average Bonchev–Trinajstić information content (AvgIpc) is 2.48. The van der Waals surface area contributed by atoms with Crippen molar-refractivity contribution in [1.82, 2.24) is 5.32 Å². The van der Waals surface area contributed by atoms with Crippen LogP contribution in [0.3, 0.4) is 0 Å². The molecule has 1 rings (SSSR count). The Morgan fingerprint density at radius 2 is 2.20 bits per heavy atom. The molecule has 5 nitrogen and oxygen atoms in total. The van der Waals surface area contributed by atoms with Gasteiger partial charge in [0.05, 0.1) is 13.2 Å². The van der Waals surface area contributed by atoms with Crippen LogP contribution in [-0.2, 0) is 11.4 Å². The number of rotatable bonds is 9. The third kappa shape index (κ3) is 4.21. The maximum atomic E-state index is 11.3. The highest BCUT2D eigenvalue weighted by molar-refractivity contribution is 5.78. The maximum absolute atomic E-state index is 11.3. The summed E-state index contributed by atoms with van der Waals surface area (Å²) in [5, 5.41) is 21.2. The lowest BCUT2D eigenvalue weighted by atomic mass is 9.91. The lowest BCUT2D eigenvalue weighted by Crippen LogP contribution is -2.50. The highest BCUT2D eigenvalue weighted by Gasteiger charge is 2.34. The van der Waals surface area contributed by atoms with Gasteiger partial charge < -0.3 is 20.3 Å². The standard InChI is InChI=1S/C15H23NO4/c1-3-15(16-2,14(18)19)8-5-9-20-13-7-4-6-12(10-13)11-17/h4,6-7,10,16-17H,3,5,8-9,11H2,1-2H3,(H,18,19). The minimum Gasteiger partial charge on any atom is -0.494 e. The number of aliphatic hydroxyl groups excluding tert-OH is 1. The topological polar surface area (TPSA) is 78.8 Å². The first-order valence-electron chi connectivity index (χ1n) is 6.83. The Morgan fingerprint density at radius 1 is 1.45 bits per heavy atom. The number of hydrogen-bond donors (Lipinski definition) is 3. The van der Waals surface area contributed by atoms with Crippen LogP contribution in [0.4, 0.5) is 0 Å². The van der Waals surface area contributed by atoms with Crippen molar-refractivity contribution in [1.29, 1.82) is 0 Å². The van der Waals surface area contributed by atoms with E-state index in [0.717, 1.165) is 5.56 Å². The smallest absolute Gasteiger partial charge is 0.323 e. The van der Waals surface area contributed by atoms with E-state index in [2.05, 4.69) is 5.32 Å². The fourth-order valence-electron chi connectivity index (χ4n) is 2.14. The number of benzene rings is 1. The summed E-state index contributed by atoms with van der Waals surface area (Å²) in [5.41, 5.74) is -0.0813. The number of ether oxygens (including phenoxy) is 1. The molecule has 0 saturated heterocycles. The van der Waals surface area contributed by atoms with Gasteiger partial charge in [0, 0.05) is 0 Å². The van der Waals surface area contributed by atoms with E-state index in [4.69, 9.17) is 9.84 Å². The van der Waals surface area contributed by atoms with Gasteiger partial charge in [0.2, 0.25) is 0 Å². The van der Waals surface area contributed by atoms with E-state index >= 15 is 0 Å². The van der Waals surface area contributed by atoms with Crippen LogP contribution in [0.1, 0.15) is 31.7 Å². The van der Waals surface area contributed by atoms with E-state index < -0.39 is 11.5 Å². The van der Waals surface area contributed by atoms with Crippen molar-refractivity contribution in [2.45, 2.75) is 38.3 Å². The number of carboxylic acid groups (broad SMARTS) is 1. The molecule has 0 spiro atoms. The summed E-state index contributed by atoms with van der Waals surface area (Å²) in [5.74, 6) is -0.136. The first-order valence-corrected chi connectivity index (χ1v) is 6.83. The van der Waals surface area contributed by atoms with E-state index in [1.165, 1.54) is 0 Å². The van der Waals surface area contributed by atoms with Gasteiger partial charge in [0.1, 0.15) is 11.3 Å². The van der Waals surface area contributed by atoms with Gasteiger partial charge in [-0.25, -0.2) is 0 Å². The van der Waals surface area contributed by atoms with E-state index in [0.29, 0.717) is 31.6 Å². The molecule has 0 amide bonds. The molecule has 0 radical (unpaired) electrons. The molecule has 1 unspecified atom stereocenters. The summed E-state index contributed by atoms with van der Waals surface area (Å²) in [7, 11) is 1.67. The molecule has 1 aromatic carbocycles. The number of carbonyl (C=O) groups is 1. The molecule has 0 saturated carbocycles. The van der Waals surface area contributed by atoms with Gasteiger partial charge in [0.15, 0.2) is 0 Å². The van der Waals surface area contributed by atoms with Crippen LogP contribution >= 0.6 is 0 Å². The zero-order valence-electron chi connectivity index (χ0n) is 12.1. The van der Waals surface area contributed by atoms with Crippen LogP contribution < -0.4 is 10.1 Å². The summed E-state index contributed by atoms with van der Waals surface area (Å²) >= 11 is 0. The molecule has 0 aliphatic carbocycles. The monoisotopic (exact) mass is 281 g/mol. The number of aliphatic carboxylic acids is 1. The molecule has 1 aromatic rings. The lowest BCUT2D eigenvalue weighted by molar-refractivity contribution is -0.145. The second-order valence-corrected chi connectivity index (χ2v) is 4.75. The predicted octanol–water partition coefficient (Wildman–Crippen LogP) is 1.79. The van der Waals surface area contributed by atoms with Crippen LogP contribution in [0.2, 0.25) is 0 Å². The van der Waals surface area contributed by atoms with Gasteiger partial charge in [-0.2, -0.15) is 0 Å². The summed E-state index contributed by atoms with van der Waals surface area (Å²) in [6.07, 6.45) is 1.68. The first-order chi connectivity index (χ1) is 9.57. The number of nitrogens with one attached hydrogen (secondary N) is 1. The van der Waals surface area contributed by atoms with Gasteiger partial charge in [-0.05, 0) is 44.0 Å². The molecular formula is C15H23NO4. The van der Waals surface area contributed by atoms with Crippen LogP contribution in [0, 0.1) is 0 Å². The lowest BCUT2D eigenvalue weighted by Gasteiger charge is -2.27. The van der Waals surface area contributed by atoms with E-state index in [-0.39, 0.29) is 6.61 Å². The Balaban J connectivity index is 2.46. The molecule has 112 valence electrons. The summed E-state index contributed by atoms with van der Waals surface area (Å²) in [6, 6.07) is 7.24. The molecule has 0 aromatic heterocycles. The second kappa shape index (κ2) is 7.87. The third-order valence-corrected chi connectivity index (χ3v) is 3.59. The molecule has 5 heteroatoms. The molecule has 0 bridgehead atoms. The summed E-state index contributed by atoms with van der Waals surface area (Å²) in [4.78, 5) is 11.3. The minimum absolute atomic E-state index is 0.0189. The fraction of sp³-hybridized carbons (Fsp3) is 0.533. The van der Waals surface area contributed by atoms with Crippen LogP contribution in [0.15, 0.2) is 24.3 Å². The third-order valence-electron chi connectivity index (χ3n) is 3.59. The molecule has 0 aliphatic rings. The van der Waals surface area contributed by atoms with Crippen molar-refractivity contribution in [3.63, 3.8) is 0 Å². The number of hydrogen-bond acceptors (Lipinski definition) is 4. The van der Waals surface area contributed by atoms with Crippen molar-refractivity contribution in [2.75, 3.05) is 13.7 Å². The Bertz CT molecular complexity index is 430. The highest BCUT2D eigenvalue weighted by atomic mass is 16.5. The fourth-order valence-corrected chi connectivity index (χ4v) is 2.14. The Labute approximate surface area is 119 Å². The van der Waals surface area contributed by atoms with Crippen LogP contribution in [-0.4, -0.2) is 35.4 Å². The zero-order valence-corrected chi connectivity index (χ0v) is 12.1. The largest absolute Gasteiger partial charge is 0.494 e. The number of aliphatic hydroxyl groups is 1. The Morgan fingerprint density at radius 3 is 2.75 bits per heavy atom. The van der Waals surface area contributed by atoms with Gasteiger partial charge >= 0.3 is 5.97 Å². The van der Waals surface area contributed by atoms with Crippen molar-refractivity contribution in [3.8, 4) is 5.75 Å². The van der Waals surface area contributed by atoms with Gasteiger partial charge in [-0.3, -0.25) is 4.79 Å². The van der Waals surface area contributed by atoms with Crippen LogP contribution in [0.5, 0.6) is 5.75 Å².